The molecule has 0 radical (unpaired) electrons. The number of likely N-dealkylation sites (N-methyl/N-ethyl adjacent to an activating group) is 1. The van der Waals surface area contributed by atoms with Gasteiger partial charge in [0.25, 0.3) is 5.91 Å². The quantitative estimate of drug-likeness (QED) is 0.707. The number of carbonyl (C=O) groups is 1. The molecule has 16 heavy (non-hydrogen) atoms. The number of amides is 1. The van der Waals surface area contributed by atoms with Gasteiger partial charge in [-0.05, 0) is 19.5 Å². The minimum Gasteiger partial charge on any atom is -0.374 e. The molecule has 0 bridgehead atoms. The lowest BCUT2D eigenvalue weighted by Gasteiger charge is -2.28. The van der Waals surface area contributed by atoms with Crippen LogP contribution in [0.2, 0.25) is 0 Å². The van der Waals surface area contributed by atoms with Crippen LogP contribution in [0, 0.1) is 0 Å². The Hall–Kier alpha value is -1.39. The van der Waals surface area contributed by atoms with Crippen molar-refractivity contribution in [1.82, 2.24) is 5.32 Å². The Balaban J connectivity index is 2.44. The van der Waals surface area contributed by atoms with E-state index in [0.29, 0.717) is 17.8 Å². The predicted molar refractivity (Wildman–Crippen MR) is 62.1 cm³/mol. The maximum atomic E-state index is 11.9. The minimum atomic E-state index is -1.47. The second-order valence-corrected chi connectivity index (χ2v) is 4.05. The molecule has 0 saturated carbocycles. The summed E-state index contributed by atoms with van der Waals surface area (Å²) >= 11 is 0. The smallest absolute Gasteiger partial charge is 0.262 e. The van der Waals surface area contributed by atoms with Gasteiger partial charge in [0.05, 0.1) is 0 Å². The molecule has 1 aliphatic heterocycles. The molecule has 1 heterocycles. The third kappa shape index (κ3) is 1.42. The number of hydrogen-bond donors (Lipinski definition) is 3. The van der Waals surface area contributed by atoms with Gasteiger partial charge in [-0.3, -0.25) is 4.79 Å². The highest BCUT2D eigenvalue weighted by atomic mass is 16.3. The molecule has 0 saturated heterocycles. The maximum Gasteiger partial charge on any atom is 0.262 e. The van der Waals surface area contributed by atoms with Gasteiger partial charge in [-0.15, -0.1) is 0 Å². The number of fused-ring (bicyclic) bond motifs is 1. The van der Waals surface area contributed by atoms with Crippen LogP contribution in [-0.2, 0) is 10.4 Å². The van der Waals surface area contributed by atoms with Crippen molar-refractivity contribution in [2.45, 2.75) is 25.5 Å². The lowest BCUT2D eigenvalue weighted by atomic mass is 9.88. The second-order valence-electron chi connectivity index (χ2n) is 4.05. The van der Waals surface area contributed by atoms with E-state index >= 15 is 0 Å². The summed E-state index contributed by atoms with van der Waals surface area (Å²) < 4.78 is 0. The molecule has 4 nitrogen and oxygen atoms in total. The van der Waals surface area contributed by atoms with E-state index in [4.69, 9.17) is 0 Å². The Morgan fingerprint density at radius 3 is 2.88 bits per heavy atom. The second kappa shape index (κ2) is 3.88. The van der Waals surface area contributed by atoms with Gasteiger partial charge in [0, 0.05) is 17.3 Å². The van der Waals surface area contributed by atoms with Crippen LogP contribution in [-0.4, -0.2) is 23.6 Å². The molecule has 0 aliphatic carbocycles. The van der Waals surface area contributed by atoms with Gasteiger partial charge >= 0.3 is 0 Å². The normalized spacial score (nSPS) is 25.1. The number of rotatable bonds is 3. The van der Waals surface area contributed by atoms with Crippen molar-refractivity contribution in [2.75, 3.05) is 11.9 Å². The van der Waals surface area contributed by atoms with Gasteiger partial charge in [0.15, 0.2) is 5.60 Å². The first-order chi connectivity index (χ1) is 7.60. The maximum absolute atomic E-state index is 11.9. The summed E-state index contributed by atoms with van der Waals surface area (Å²) in [6.07, 6.45) is 0. The average Bonchev–Trinajstić information content (AvgIpc) is 2.53. The number of para-hydroxylation sites is 1. The van der Waals surface area contributed by atoms with Crippen LogP contribution in [0.25, 0.3) is 0 Å². The number of anilines is 1. The van der Waals surface area contributed by atoms with E-state index in [9.17, 15) is 9.90 Å². The van der Waals surface area contributed by atoms with Crippen LogP contribution >= 0.6 is 0 Å². The third-order valence-electron chi connectivity index (χ3n) is 3.07. The Morgan fingerprint density at radius 2 is 2.19 bits per heavy atom. The van der Waals surface area contributed by atoms with Gasteiger partial charge in [-0.1, -0.05) is 25.1 Å². The molecule has 1 aliphatic rings. The van der Waals surface area contributed by atoms with Gasteiger partial charge in [0.2, 0.25) is 0 Å². The zero-order valence-corrected chi connectivity index (χ0v) is 9.45. The van der Waals surface area contributed by atoms with Gasteiger partial charge in [-0.2, -0.15) is 0 Å². The predicted octanol–water partition coefficient (Wildman–Crippen LogP) is 0.824. The van der Waals surface area contributed by atoms with Crippen molar-refractivity contribution in [1.29, 1.82) is 0 Å². The summed E-state index contributed by atoms with van der Waals surface area (Å²) in [4.78, 5) is 11.9. The topological polar surface area (TPSA) is 61.4 Å². The third-order valence-corrected chi connectivity index (χ3v) is 3.07. The van der Waals surface area contributed by atoms with E-state index in [-0.39, 0.29) is 11.9 Å². The van der Waals surface area contributed by atoms with Crippen LogP contribution in [0.4, 0.5) is 5.69 Å². The summed E-state index contributed by atoms with van der Waals surface area (Å²) in [5, 5.41) is 16.3. The molecule has 86 valence electrons. The van der Waals surface area contributed by atoms with Crippen LogP contribution in [0.3, 0.4) is 0 Å². The highest BCUT2D eigenvalue weighted by Gasteiger charge is 2.48. The average molecular weight is 220 g/mol. The monoisotopic (exact) mass is 220 g/mol. The van der Waals surface area contributed by atoms with E-state index in [2.05, 4.69) is 10.6 Å². The Morgan fingerprint density at radius 1 is 1.50 bits per heavy atom. The molecule has 1 aromatic carbocycles. The van der Waals surface area contributed by atoms with Crippen molar-refractivity contribution in [3.63, 3.8) is 0 Å². The van der Waals surface area contributed by atoms with E-state index < -0.39 is 5.60 Å². The van der Waals surface area contributed by atoms with E-state index in [1.54, 1.807) is 12.1 Å². The zero-order valence-electron chi connectivity index (χ0n) is 9.45. The minimum absolute atomic E-state index is 0.318. The SMILES string of the molecule is CCNC(C)C1(O)C(=O)Nc2ccccc21. The largest absolute Gasteiger partial charge is 0.374 e. The molecule has 1 aromatic rings. The zero-order chi connectivity index (χ0) is 11.8. The standard InChI is InChI=1S/C12H16N2O2/c1-3-13-8(2)12(16)9-6-4-5-7-10(9)14-11(12)15/h4-8,13,16H,3H2,1-2H3,(H,14,15). The fraction of sp³-hybridized carbons (Fsp3) is 0.417. The van der Waals surface area contributed by atoms with Gasteiger partial charge in [0.1, 0.15) is 0 Å². The first-order valence-corrected chi connectivity index (χ1v) is 5.47. The Labute approximate surface area is 94.7 Å². The number of aliphatic hydroxyl groups is 1. The lowest BCUT2D eigenvalue weighted by molar-refractivity contribution is -0.136. The van der Waals surface area contributed by atoms with Crippen LogP contribution in [0.1, 0.15) is 19.4 Å². The molecule has 0 fully saturated rings. The number of benzene rings is 1. The summed E-state index contributed by atoms with van der Waals surface area (Å²) in [7, 11) is 0. The van der Waals surface area contributed by atoms with Gasteiger partial charge in [-0.25, -0.2) is 0 Å². The van der Waals surface area contributed by atoms with Gasteiger partial charge < -0.3 is 15.7 Å². The number of hydrogen-bond acceptors (Lipinski definition) is 3. The summed E-state index contributed by atoms with van der Waals surface area (Å²) in [6, 6.07) is 6.91. The molecule has 0 spiro atoms. The fourth-order valence-corrected chi connectivity index (χ4v) is 2.15. The molecule has 4 heteroatoms. The van der Waals surface area contributed by atoms with Crippen molar-refractivity contribution >= 4 is 11.6 Å². The van der Waals surface area contributed by atoms with Crippen molar-refractivity contribution < 1.29 is 9.90 Å². The van der Waals surface area contributed by atoms with E-state index in [0.717, 1.165) is 0 Å². The molecule has 3 N–H and O–H groups in total. The lowest BCUT2D eigenvalue weighted by Crippen LogP contribution is -2.51. The molecular formula is C12H16N2O2. The molecule has 2 rings (SSSR count). The fourth-order valence-electron chi connectivity index (χ4n) is 2.15. The summed E-state index contributed by atoms with van der Waals surface area (Å²) in [5.41, 5.74) is -0.125. The van der Waals surface area contributed by atoms with E-state index in [1.165, 1.54) is 0 Å². The van der Waals surface area contributed by atoms with Crippen molar-refractivity contribution in [3.8, 4) is 0 Å². The number of nitrogens with one attached hydrogen (secondary N) is 2. The number of carbonyl (C=O) groups excluding carboxylic acids is 1. The molecule has 2 atom stereocenters. The molecule has 0 aromatic heterocycles. The van der Waals surface area contributed by atoms with Crippen molar-refractivity contribution in [2.24, 2.45) is 0 Å². The summed E-state index contributed by atoms with van der Waals surface area (Å²) in [5.74, 6) is -0.359. The highest BCUT2D eigenvalue weighted by Crippen LogP contribution is 2.37. The summed E-state index contributed by atoms with van der Waals surface area (Å²) in [6.45, 7) is 4.46. The Bertz CT molecular complexity index is 419. The van der Waals surface area contributed by atoms with Crippen molar-refractivity contribution in [3.05, 3.63) is 29.8 Å². The molecule has 1 amide bonds. The van der Waals surface area contributed by atoms with Crippen LogP contribution in [0.15, 0.2) is 24.3 Å². The first-order valence-electron chi connectivity index (χ1n) is 5.47. The molecule has 2 unspecified atom stereocenters. The highest BCUT2D eigenvalue weighted by molar-refractivity contribution is 6.05. The Kier molecular flexibility index (Phi) is 2.69. The first kappa shape index (κ1) is 11.1. The molecular weight excluding hydrogens is 204 g/mol. The van der Waals surface area contributed by atoms with E-state index in [1.807, 2.05) is 26.0 Å². The van der Waals surface area contributed by atoms with Crippen LogP contribution in [0.5, 0.6) is 0 Å². The van der Waals surface area contributed by atoms with Crippen LogP contribution < -0.4 is 10.6 Å².